The van der Waals surface area contributed by atoms with E-state index in [1.165, 1.54) is 22.8 Å². The van der Waals surface area contributed by atoms with Gasteiger partial charge in [-0.1, -0.05) is 0 Å². The minimum Gasteiger partial charge on any atom is -0.344 e. The second kappa shape index (κ2) is 5.82. The summed E-state index contributed by atoms with van der Waals surface area (Å²) in [6, 6.07) is 5.30. The highest BCUT2D eigenvalue weighted by atomic mass is 19.4. The summed E-state index contributed by atoms with van der Waals surface area (Å²) in [7, 11) is 1.53. The normalized spacial score (nSPS) is 11.8. The lowest BCUT2D eigenvalue weighted by Crippen LogP contribution is -2.25. The summed E-state index contributed by atoms with van der Waals surface area (Å²) in [6.45, 7) is -0.205. The average Bonchev–Trinajstić information content (AvgIpc) is 2.96. The molecule has 0 aliphatic carbocycles. The molecule has 0 amide bonds. The van der Waals surface area contributed by atoms with Crippen molar-refractivity contribution in [2.45, 2.75) is 12.6 Å². The molecule has 0 spiro atoms. The van der Waals surface area contributed by atoms with Crippen LogP contribution < -0.4 is 4.90 Å². The third-order valence-electron chi connectivity index (χ3n) is 3.29. The maximum atomic E-state index is 12.3. The minimum absolute atomic E-state index is 0.205. The van der Waals surface area contributed by atoms with Crippen LogP contribution in [0.1, 0.15) is 6.42 Å². The van der Waals surface area contributed by atoms with E-state index in [-0.39, 0.29) is 12.5 Å². The Morgan fingerprint density at radius 3 is 2.78 bits per heavy atom. The van der Waals surface area contributed by atoms with E-state index in [9.17, 15) is 13.2 Å². The zero-order valence-electron chi connectivity index (χ0n) is 12.2. The van der Waals surface area contributed by atoms with E-state index in [0.29, 0.717) is 5.69 Å². The number of alkyl halides is 3. The molecule has 0 aliphatic heterocycles. The zero-order chi connectivity index (χ0) is 16.4. The van der Waals surface area contributed by atoms with Crippen molar-refractivity contribution >= 4 is 11.5 Å². The van der Waals surface area contributed by atoms with Gasteiger partial charge in [0.15, 0.2) is 0 Å². The van der Waals surface area contributed by atoms with Crippen LogP contribution in [0.2, 0.25) is 0 Å². The lowest BCUT2D eigenvalue weighted by Gasteiger charge is -2.18. The van der Waals surface area contributed by atoms with Crippen LogP contribution in [0.4, 0.5) is 19.1 Å². The Hall–Kier alpha value is -2.71. The topological polar surface area (TPSA) is 59.2 Å². The molecular weight excluding hydrogens is 309 g/mol. The van der Waals surface area contributed by atoms with Gasteiger partial charge in [-0.15, -0.1) is 0 Å². The van der Waals surface area contributed by atoms with Crippen LogP contribution in [0.25, 0.3) is 16.8 Å². The number of rotatable bonds is 4. The average molecular weight is 322 g/mol. The molecule has 3 heterocycles. The number of anilines is 1. The van der Waals surface area contributed by atoms with Crippen molar-refractivity contribution in [3.8, 4) is 11.3 Å². The molecule has 0 bridgehead atoms. The fraction of sp³-hybridized carbons (Fsp3) is 0.286. The van der Waals surface area contributed by atoms with E-state index >= 15 is 0 Å². The molecule has 3 rings (SSSR count). The van der Waals surface area contributed by atoms with E-state index in [2.05, 4.69) is 20.2 Å². The second-order valence-electron chi connectivity index (χ2n) is 4.99. The molecule has 3 aromatic heterocycles. The van der Waals surface area contributed by atoms with Crippen molar-refractivity contribution in [2.24, 2.45) is 0 Å². The van der Waals surface area contributed by atoms with Gasteiger partial charge in [0.2, 0.25) is 5.95 Å². The highest BCUT2D eigenvalue weighted by molar-refractivity contribution is 5.77. The molecule has 120 valence electrons. The molecule has 0 atom stereocenters. The van der Waals surface area contributed by atoms with E-state index < -0.39 is 12.6 Å². The summed E-state index contributed by atoms with van der Waals surface area (Å²) in [5, 5.41) is 8.19. The first-order valence-corrected chi connectivity index (χ1v) is 6.84. The molecule has 0 aromatic carbocycles. The maximum absolute atomic E-state index is 12.3. The Balaban J connectivity index is 1.88. The summed E-state index contributed by atoms with van der Waals surface area (Å²) < 4.78 is 38.4. The van der Waals surface area contributed by atoms with Crippen LogP contribution in [0.15, 0.2) is 36.8 Å². The van der Waals surface area contributed by atoms with Crippen LogP contribution in [-0.4, -0.2) is 44.6 Å². The van der Waals surface area contributed by atoms with Crippen LogP contribution in [0.5, 0.6) is 0 Å². The predicted molar refractivity (Wildman–Crippen MR) is 78.0 cm³/mol. The summed E-state index contributed by atoms with van der Waals surface area (Å²) in [5.41, 5.74) is 2.08. The monoisotopic (exact) mass is 322 g/mol. The van der Waals surface area contributed by atoms with Crippen LogP contribution in [0, 0.1) is 0 Å². The van der Waals surface area contributed by atoms with E-state index in [1.54, 1.807) is 24.5 Å². The van der Waals surface area contributed by atoms with Crippen LogP contribution >= 0.6 is 0 Å². The summed E-state index contributed by atoms with van der Waals surface area (Å²) in [5.74, 6) is 0.231. The molecule has 3 aromatic rings. The van der Waals surface area contributed by atoms with Gasteiger partial charge in [-0.05, 0) is 18.2 Å². The number of hydrogen-bond acceptors (Lipinski definition) is 5. The second-order valence-corrected chi connectivity index (χ2v) is 4.99. The van der Waals surface area contributed by atoms with Crippen LogP contribution in [-0.2, 0) is 0 Å². The van der Waals surface area contributed by atoms with Gasteiger partial charge in [0.05, 0.1) is 23.8 Å². The Bertz CT molecular complexity index is 813. The van der Waals surface area contributed by atoms with Gasteiger partial charge in [0, 0.05) is 31.5 Å². The molecule has 9 heteroatoms. The SMILES string of the molecule is CN(CCC(F)(F)F)c1nccc(-c2cnn3ncccc23)n1. The fourth-order valence-electron chi connectivity index (χ4n) is 2.11. The van der Waals surface area contributed by atoms with Crippen molar-refractivity contribution in [3.05, 3.63) is 36.8 Å². The van der Waals surface area contributed by atoms with Gasteiger partial charge in [-0.25, -0.2) is 9.97 Å². The van der Waals surface area contributed by atoms with Gasteiger partial charge < -0.3 is 4.90 Å². The zero-order valence-corrected chi connectivity index (χ0v) is 12.2. The first kappa shape index (κ1) is 15.2. The van der Waals surface area contributed by atoms with Crippen molar-refractivity contribution in [3.63, 3.8) is 0 Å². The lowest BCUT2D eigenvalue weighted by molar-refractivity contribution is -0.132. The molecular formula is C14H13F3N6. The van der Waals surface area contributed by atoms with Gasteiger partial charge in [0.25, 0.3) is 0 Å². The number of aromatic nitrogens is 5. The molecule has 0 unspecified atom stereocenters. The molecule has 0 fully saturated rings. The molecule has 0 radical (unpaired) electrons. The van der Waals surface area contributed by atoms with Crippen molar-refractivity contribution in [1.29, 1.82) is 0 Å². The fourth-order valence-corrected chi connectivity index (χ4v) is 2.11. The van der Waals surface area contributed by atoms with Crippen molar-refractivity contribution < 1.29 is 13.2 Å². The van der Waals surface area contributed by atoms with Gasteiger partial charge in [-0.2, -0.15) is 28.0 Å². The predicted octanol–water partition coefficient (Wildman–Crippen LogP) is 2.57. The summed E-state index contributed by atoms with van der Waals surface area (Å²) in [4.78, 5) is 9.74. The van der Waals surface area contributed by atoms with Crippen molar-refractivity contribution in [2.75, 3.05) is 18.5 Å². The largest absolute Gasteiger partial charge is 0.390 e. The van der Waals surface area contributed by atoms with E-state index in [1.807, 2.05) is 6.07 Å². The smallest absolute Gasteiger partial charge is 0.344 e. The van der Waals surface area contributed by atoms with E-state index in [4.69, 9.17) is 0 Å². The number of hydrogen-bond donors (Lipinski definition) is 0. The van der Waals surface area contributed by atoms with Gasteiger partial charge >= 0.3 is 6.18 Å². The first-order chi connectivity index (χ1) is 10.9. The highest BCUT2D eigenvalue weighted by Crippen LogP contribution is 2.24. The lowest BCUT2D eigenvalue weighted by atomic mass is 10.2. The van der Waals surface area contributed by atoms with Gasteiger partial charge in [-0.3, -0.25) is 0 Å². The standard InChI is InChI=1S/C14H13F3N6/c1-22(8-5-14(15,16)17)13-18-7-4-11(21-13)10-9-20-23-12(10)3-2-6-19-23/h2-4,6-7,9H,5,8H2,1H3. The molecule has 23 heavy (non-hydrogen) atoms. The van der Waals surface area contributed by atoms with E-state index in [0.717, 1.165) is 11.1 Å². The molecule has 0 aliphatic rings. The van der Waals surface area contributed by atoms with Crippen molar-refractivity contribution in [1.82, 2.24) is 24.8 Å². The minimum atomic E-state index is -4.21. The quantitative estimate of drug-likeness (QED) is 0.739. The molecule has 6 nitrogen and oxygen atoms in total. The van der Waals surface area contributed by atoms with Crippen LogP contribution in [0.3, 0.4) is 0 Å². The Labute approximate surface area is 129 Å². The highest BCUT2D eigenvalue weighted by Gasteiger charge is 2.27. The molecule has 0 N–H and O–H groups in total. The number of nitrogens with zero attached hydrogens (tertiary/aromatic N) is 6. The van der Waals surface area contributed by atoms with Gasteiger partial charge in [0.1, 0.15) is 0 Å². The first-order valence-electron chi connectivity index (χ1n) is 6.84. The molecule has 0 saturated carbocycles. The maximum Gasteiger partial charge on any atom is 0.390 e. The molecule has 0 saturated heterocycles. The Morgan fingerprint density at radius 2 is 2.00 bits per heavy atom. The third kappa shape index (κ3) is 3.38. The summed E-state index contributed by atoms with van der Waals surface area (Å²) in [6.07, 6.45) is -0.385. The third-order valence-corrected chi connectivity index (χ3v) is 3.29. The number of halogens is 3. The Kier molecular flexibility index (Phi) is 3.85. The Morgan fingerprint density at radius 1 is 1.17 bits per heavy atom. The number of fused-ring (bicyclic) bond motifs is 1. The summed E-state index contributed by atoms with van der Waals surface area (Å²) >= 11 is 0.